The minimum atomic E-state index is -4.33. The molecule has 0 saturated carbocycles. The van der Waals surface area contributed by atoms with Gasteiger partial charge in [0.05, 0.1) is 13.7 Å². The van der Waals surface area contributed by atoms with E-state index in [0.29, 0.717) is 0 Å². The van der Waals surface area contributed by atoms with Gasteiger partial charge in [-0.3, -0.25) is 8.98 Å². The van der Waals surface area contributed by atoms with E-state index in [0.717, 1.165) is 22.3 Å². The first kappa shape index (κ1) is 20.8. The van der Waals surface area contributed by atoms with Gasteiger partial charge < -0.3 is 9.47 Å². The van der Waals surface area contributed by atoms with Crippen molar-refractivity contribution in [3.05, 3.63) is 59.7 Å². The highest BCUT2D eigenvalue weighted by Gasteiger charge is 2.29. The molecule has 0 bridgehead atoms. The monoisotopic (exact) mass is 419 g/mol. The van der Waals surface area contributed by atoms with Crippen LogP contribution in [-0.2, 0) is 28.8 Å². The van der Waals surface area contributed by atoms with E-state index in [4.69, 9.17) is 4.74 Å². The van der Waals surface area contributed by atoms with Crippen molar-refractivity contribution in [1.82, 2.24) is 4.72 Å². The van der Waals surface area contributed by atoms with Crippen molar-refractivity contribution < 1.29 is 31.7 Å². The zero-order valence-electron chi connectivity index (χ0n) is 15.8. The molecule has 154 valence electrons. The Morgan fingerprint density at radius 1 is 1.00 bits per heavy atom. The van der Waals surface area contributed by atoms with Gasteiger partial charge in [0.15, 0.2) is 0 Å². The van der Waals surface area contributed by atoms with E-state index >= 15 is 0 Å². The van der Waals surface area contributed by atoms with Crippen LogP contribution >= 0.6 is 0 Å². The van der Waals surface area contributed by atoms with Crippen molar-refractivity contribution in [2.75, 3.05) is 20.3 Å². The fourth-order valence-corrected chi connectivity index (χ4v) is 3.91. The fourth-order valence-electron chi connectivity index (χ4n) is 3.25. The zero-order chi connectivity index (χ0) is 20.9. The van der Waals surface area contributed by atoms with Crippen LogP contribution in [0.15, 0.2) is 48.5 Å². The van der Waals surface area contributed by atoms with Gasteiger partial charge in [-0.1, -0.05) is 48.5 Å². The number of methoxy groups -OCH3 is 1. The van der Waals surface area contributed by atoms with E-state index < -0.39 is 22.4 Å². The van der Waals surface area contributed by atoms with Gasteiger partial charge in [-0.25, -0.2) is 4.79 Å². The molecule has 0 unspecified atom stereocenters. The summed E-state index contributed by atoms with van der Waals surface area (Å²) in [6.07, 6.45) is -0.977. The average Bonchev–Trinajstić information content (AvgIpc) is 3.03. The number of amides is 1. The Bertz CT molecular complexity index is 958. The summed E-state index contributed by atoms with van der Waals surface area (Å²) in [6, 6.07) is 15.6. The summed E-state index contributed by atoms with van der Waals surface area (Å²) in [4.78, 5) is 22.9. The molecule has 0 aliphatic heterocycles. The Labute approximate surface area is 169 Å². The smallest absolute Gasteiger partial charge is 0.422 e. The van der Waals surface area contributed by atoms with Crippen LogP contribution in [0.4, 0.5) is 4.79 Å². The van der Waals surface area contributed by atoms with Gasteiger partial charge in [-0.05, 0) is 28.7 Å². The lowest BCUT2D eigenvalue weighted by molar-refractivity contribution is -0.140. The highest BCUT2D eigenvalue weighted by Crippen LogP contribution is 2.44. The van der Waals surface area contributed by atoms with E-state index in [9.17, 15) is 18.0 Å². The van der Waals surface area contributed by atoms with Crippen LogP contribution in [0.1, 0.15) is 29.9 Å². The molecule has 2 aromatic carbocycles. The maximum atomic E-state index is 12.0. The molecule has 2 aromatic rings. The molecule has 0 spiro atoms. The number of rotatable bonds is 8. The van der Waals surface area contributed by atoms with Crippen LogP contribution in [0.25, 0.3) is 11.1 Å². The van der Waals surface area contributed by atoms with Crippen molar-refractivity contribution in [2.45, 2.75) is 18.8 Å². The van der Waals surface area contributed by atoms with Gasteiger partial charge >= 0.3 is 22.4 Å². The SMILES string of the molecule is COC(=O)CCCOS(=O)(=O)NC(=O)OCC1c2ccccc2-c2ccccc21. The first-order chi connectivity index (χ1) is 13.9. The number of ether oxygens (including phenoxy) is 2. The van der Waals surface area contributed by atoms with Crippen LogP contribution in [0.3, 0.4) is 0 Å². The summed E-state index contributed by atoms with van der Waals surface area (Å²) in [5.41, 5.74) is 4.17. The van der Waals surface area contributed by atoms with Gasteiger partial charge in [-0.15, -0.1) is 0 Å². The van der Waals surface area contributed by atoms with Gasteiger partial charge in [-0.2, -0.15) is 13.1 Å². The highest BCUT2D eigenvalue weighted by molar-refractivity contribution is 7.85. The standard InChI is InChI=1S/C20H21NO7S/c1-26-19(22)11-6-12-28-29(24,25)21-20(23)27-13-18-16-9-4-2-7-14(16)15-8-3-5-10-17(15)18/h2-5,7-10,18H,6,11-13H2,1H3,(H,21,23). The molecule has 3 rings (SSSR count). The number of fused-ring (bicyclic) bond motifs is 3. The maximum absolute atomic E-state index is 12.0. The number of carbonyl (C=O) groups excluding carboxylic acids is 2. The second-order valence-electron chi connectivity index (χ2n) is 6.38. The van der Waals surface area contributed by atoms with Gasteiger partial charge in [0.2, 0.25) is 0 Å². The topological polar surface area (TPSA) is 108 Å². The predicted molar refractivity (Wildman–Crippen MR) is 104 cm³/mol. The van der Waals surface area contributed by atoms with Gasteiger partial charge in [0, 0.05) is 12.3 Å². The number of carbonyl (C=O) groups is 2. The molecule has 8 nitrogen and oxygen atoms in total. The molecule has 29 heavy (non-hydrogen) atoms. The van der Waals surface area contributed by atoms with E-state index in [1.165, 1.54) is 7.11 Å². The third-order valence-corrected chi connectivity index (χ3v) is 5.44. The summed E-state index contributed by atoms with van der Waals surface area (Å²) in [5, 5.41) is 0. The normalized spacial score (nSPS) is 12.7. The minimum absolute atomic E-state index is 0.0109. The number of esters is 1. The molecular formula is C20H21NO7S. The van der Waals surface area contributed by atoms with Crippen LogP contribution in [-0.4, -0.2) is 40.8 Å². The second-order valence-corrected chi connectivity index (χ2v) is 7.73. The van der Waals surface area contributed by atoms with Crippen molar-refractivity contribution in [3.63, 3.8) is 0 Å². The third kappa shape index (κ3) is 5.12. The lowest BCUT2D eigenvalue weighted by Gasteiger charge is -2.14. The molecular weight excluding hydrogens is 398 g/mol. The number of benzene rings is 2. The summed E-state index contributed by atoms with van der Waals surface area (Å²) in [5.74, 6) is -0.660. The summed E-state index contributed by atoms with van der Waals surface area (Å²) in [6.45, 7) is -0.279. The van der Waals surface area contributed by atoms with E-state index in [1.807, 2.05) is 48.5 Å². The van der Waals surface area contributed by atoms with Crippen molar-refractivity contribution in [3.8, 4) is 11.1 Å². The summed E-state index contributed by atoms with van der Waals surface area (Å²) in [7, 11) is -3.09. The van der Waals surface area contributed by atoms with E-state index in [-0.39, 0.29) is 32.0 Å². The van der Waals surface area contributed by atoms with E-state index in [2.05, 4.69) is 8.92 Å². The molecule has 0 fully saturated rings. The Balaban J connectivity index is 1.55. The zero-order valence-corrected chi connectivity index (χ0v) is 16.6. The van der Waals surface area contributed by atoms with Crippen LogP contribution in [0, 0.1) is 0 Å². The Hall–Kier alpha value is -2.91. The number of nitrogens with one attached hydrogen (secondary N) is 1. The molecule has 0 aromatic heterocycles. The third-order valence-electron chi connectivity index (χ3n) is 4.54. The molecule has 1 aliphatic carbocycles. The summed E-state index contributed by atoms with van der Waals surface area (Å²) >= 11 is 0. The molecule has 0 radical (unpaired) electrons. The van der Waals surface area contributed by atoms with Crippen LogP contribution in [0.5, 0.6) is 0 Å². The lowest BCUT2D eigenvalue weighted by atomic mass is 9.98. The van der Waals surface area contributed by atoms with E-state index in [1.54, 1.807) is 4.72 Å². The van der Waals surface area contributed by atoms with Gasteiger partial charge in [0.1, 0.15) is 6.61 Å². The predicted octanol–water partition coefficient (Wildman–Crippen LogP) is 2.74. The van der Waals surface area contributed by atoms with Crippen LogP contribution < -0.4 is 4.72 Å². The molecule has 1 N–H and O–H groups in total. The Kier molecular flexibility index (Phi) is 6.50. The molecule has 0 atom stereocenters. The minimum Gasteiger partial charge on any atom is -0.469 e. The average molecular weight is 419 g/mol. The van der Waals surface area contributed by atoms with Crippen molar-refractivity contribution >= 4 is 22.4 Å². The number of hydrogen-bond acceptors (Lipinski definition) is 7. The lowest BCUT2D eigenvalue weighted by Crippen LogP contribution is -2.33. The Morgan fingerprint density at radius 3 is 2.17 bits per heavy atom. The molecule has 1 amide bonds. The van der Waals surface area contributed by atoms with Crippen molar-refractivity contribution in [1.29, 1.82) is 0 Å². The van der Waals surface area contributed by atoms with Gasteiger partial charge in [0.25, 0.3) is 0 Å². The molecule has 9 heteroatoms. The van der Waals surface area contributed by atoms with Crippen molar-refractivity contribution in [2.24, 2.45) is 0 Å². The number of hydrogen-bond donors (Lipinski definition) is 1. The molecule has 1 aliphatic rings. The first-order valence-electron chi connectivity index (χ1n) is 9.00. The van der Waals surface area contributed by atoms with Crippen LogP contribution in [0.2, 0.25) is 0 Å². The quantitative estimate of drug-likeness (QED) is 0.518. The first-order valence-corrected chi connectivity index (χ1v) is 10.4. The Morgan fingerprint density at radius 2 is 1.59 bits per heavy atom. The molecule has 0 heterocycles. The second kappa shape index (κ2) is 9.06. The maximum Gasteiger partial charge on any atom is 0.422 e. The fraction of sp³-hybridized carbons (Fsp3) is 0.300. The molecule has 0 saturated heterocycles. The highest BCUT2D eigenvalue weighted by atomic mass is 32.2. The summed E-state index contributed by atoms with van der Waals surface area (Å²) < 4.78 is 39.5. The largest absolute Gasteiger partial charge is 0.469 e.